The third-order valence-corrected chi connectivity index (χ3v) is 4.70. The molecule has 1 heterocycles. The molecule has 19 heavy (non-hydrogen) atoms. The summed E-state index contributed by atoms with van der Waals surface area (Å²) in [4.78, 5) is 16.4. The molecule has 0 aromatic carbocycles. The Morgan fingerprint density at radius 2 is 2.05 bits per heavy atom. The van der Waals surface area contributed by atoms with Gasteiger partial charge < -0.3 is 11.1 Å². The fraction of sp³-hybridized carbons (Fsp3) is 0.714. The molecule has 5 heteroatoms. The normalized spacial score (nSPS) is 28.9. The van der Waals surface area contributed by atoms with Crippen LogP contribution in [0, 0.1) is 11.8 Å². The van der Waals surface area contributed by atoms with Crippen LogP contribution < -0.4 is 11.1 Å². The summed E-state index contributed by atoms with van der Waals surface area (Å²) in [5.74, 6) is 1.31. The molecule has 1 saturated carbocycles. The quantitative estimate of drug-likeness (QED) is 0.895. The predicted octanol–water partition coefficient (Wildman–Crippen LogP) is 2.72. The monoisotopic (exact) mass is 281 g/mol. The molecular weight excluding hydrogens is 258 g/mol. The molecule has 0 aliphatic heterocycles. The topological polar surface area (TPSA) is 68.0 Å². The molecule has 106 valence electrons. The third-order valence-electron chi connectivity index (χ3n) is 3.66. The Bertz CT molecular complexity index is 434. The van der Waals surface area contributed by atoms with Crippen molar-refractivity contribution in [3.8, 4) is 0 Å². The lowest BCUT2D eigenvalue weighted by molar-refractivity contribution is 0.0906. The second-order valence-corrected chi connectivity index (χ2v) is 6.84. The summed E-state index contributed by atoms with van der Waals surface area (Å²) < 4.78 is 0. The SMILES string of the molecule is CC1CC(C)CC(NC(=O)c2csc(C(C)N)n2)C1. The minimum Gasteiger partial charge on any atom is -0.348 e. The van der Waals surface area contributed by atoms with Crippen LogP contribution in [0.1, 0.15) is 61.6 Å². The summed E-state index contributed by atoms with van der Waals surface area (Å²) in [7, 11) is 0. The van der Waals surface area contributed by atoms with Crippen molar-refractivity contribution < 1.29 is 4.79 Å². The van der Waals surface area contributed by atoms with Gasteiger partial charge in [0.05, 0.1) is 6.04 Å². The number of amides is 1. The van der Waals surface area contributed by atoms with E-state index < -0.39 is 0 Å². The van der Waals surface area contributed by atoms with Crippen molar-refractivity contribution in [3.63, 3.8) is 0 Å². The van der Waals surface area contributed by atoms with Crippen molar-refractivity contribution in [1.82, 2.24) is 10.3 Å². The molecule has 3 atom stereocenters. The van der Waals surface area contributed by atoms with Crippen molar-refractivity contribution in [2.75, 3.05) is 0 Å². The van der Waals surface area contributed by atoms with E-state index >= 15 is 0 Å². The average Bonchev–Trinajstić information content (AvgIpc) is 2.76. The number of thiazole rings is 1. The van der Waals surface area contributed by atoms with Crippen LogP contribution in [0.4, 0.5) is 0 Å². The Labute approximate surface area is 118 Å². The number of nitrogens with two attached hydrogens (primary N) is 1. The molecule has 1 aliphatic rings. The van der Waals surface area contributed by atoms with Crippen LogP contribution in [-0.4, -0.2) is 16.9 Å². The van der Waals surface area contributed by atoms with Crippen LogP contribution >= 0.6 is 11.3 Å². The first-order chi connectivity index (χ1) is 8.95. The molecule has 0 spiro atoms. The first kappa shape index (κ1) is 14.5. The summed E-state index contributed by atoms with van der Waals surface area (Å²) in [5, 5.41) is 5.72. The van der Waals surface area contributed by atoms with E-state index in [9.17, 15) is 4.79 Å². The van der Waals surface area contributed by atoms with E-state index in [1.807, 2.05) is 6.92 Å². The Balaban J connectivity index is 1.96. The van der Waals surface area contributed by atoms with Crippen LogP contribution in [-0.2, 0) is 0 Å². The lowest BCUT2D eigenvalue weighted by atomic mass is 9.80. The lowest BCUT2D eigenvalue weighted by Crippen LogP contribution is -2.40. The van der Waals surface area contributed by atoms with Crippen molar-refractivity contribution in [2.45, 2.75) is 52.1 Å². The molecule has 1 aliphatic carbocycles. The summed E-state index contributed by atoms with van der Waals surface area (Å²) in [6.45, 7) is 6.39. The van der Waals surface area contributed by atoms with E-state index in [0.717, 1.165) is 17.8 Å². The highest BCUT2D eigenvalue weighted by molar-refractivity contribution is 7.09. The zero-order valence-corrected chi connectivity index (χ0v) is 12.7. The van der Waals surface area contributed by atoms with E-state index in [2.05, 4.69) is 24.1 Å². The van der Waals surface area contributed by atoms with Crippen molar-refractivity contribution in [3.05, 3.63) is 16.1 Å². The molecule has 1 aromatic heterocycles. The number of rotatable bonds is 3. The second kappa shape index (κ2) is 6.01. The Kier molecular flexibility index (Phi) is 4.58. The molecule has 1 fully saturated rings. The first-order valence-corrected chi connectivity index (χ1v) is 7.85. The van der Waals surface area contributed by atoms with Gasteiger partial charge in [-0.3, -0.25) is 4.79 Å². The fourth-order valence-electron chi connectivity index (χ4n) is 2.93. The molecule has 3 unspecified atom stereocenters. The molecular formula is C14H23N3OS. The fourth-order valence-corrected chi connectivity index (χ4v) is 3.68. The lowest BCUT2D eigenvalue weighted by Gasteiger charge is -2.31. The standard InChI is InChI=1S/C14H23N3OS/c1-8-4-9(2)6-11(5-8)16-13(18)12-7-19-14(17-12)10(3)15/h7-11H,4-6,15H2,1-3H3,(H,16,18). The van der Waals surface area contributed by atoms with Gasteiger partial charge in [0.1, 0.15) is 10.7 Å². The largest absolute Gasteiger partial charge is 0.348 e. The van der Waals surface area contributed by atoms with Crippen LogP contribution in [0.5, 0.6) is 0 Å². The molecule has 0 bridgehead atoms. The van der Waals surface area contributed by atoms with Crippen LogP contribution in [0.15, 0.2) is 5.38 Å². The van der Waals surface area contributed by atoms with Gasteiger partial charge in [0, 0.05) is 11.4 Å². The van der Waals surface area contributed by atoms with Gasteiger partial charge >= 0.3 is 0 Å². The van der Waals surface area contributed by atoms with Crippen LogP contribution in [0.2, 0.25) is 0 Å². The van der Waals surface area contributed by atoms with Gasteiger partial charge in [0.25, 0.3) is 5.91 Å². The van der Waals surface area contributed by atoms with E-state index in [1.165, 1.54) is 17.8 Å². The molecule has 0 radical (unpaired) electrons. The Morgan fingerprint density at radius 3 is 2.58 bits per heavy atom. The summed E-state index contributed by atoms with van der Waals surface area (Å²) in [6.07, 6.45) is 3.40. The molecule has 4 nitrogen and oxygen atoms in total. The second-order valence-electron chi connectivity index (χ2n) is 5.95. The third kappa shape index (κ3) is 3.76. The molecule has 1 amide bonds. The van der Waals surface area contributed by atoms with Crippen LogP contribution in [0.3, 0.4) is 0 Å². The number of nitrogens with zero attached hydrogens (tertiary/aromatic N) is 1. The zero-order chi connectivity index (χ0) is 14.0. The highest BCUT2D eigenvalue weighted by Gasteiger charge is 2.26. The van der Waals surface area contributed by atoms with Crippen molar-refractivity contribution in [2.24, 2.45) is 17.6 Å². The highest BCUT2D eigenvalue weighted by Crippen LogP contribution is 2.28. The number of aromatic nitrogens is 1. The van der Waals surface area contributed by atoms with Crippen molar-refractivity contribution in [1.29, 1.82) is 0 Å². The molecule has 0 saturated heterocycles. The van der Waals surface area contributed by atoms with Gasteiger partial charge in [-0.15, -0.1) is 11.3 Å². The number of carbonyl (C=O) groups is 1. The average molecular weight is 281 g/mol. The molecule has 2 rings (SSSR count). The van der Waals surface area contributed by atoms with Gasteiger partial charge in [-0.1, -0.05) is 13.8 Å². The maximum atomic E-state index is 12.2. The van der Waals surface area contributed by atoms with Gasteiger partial charge in [-0.05, 0) is 38.0 Å². The zero-order valence-electron chi connectivity index (χ0n) is 11.8. The van der Waals surface area contributed by atoms with E-state index in [-0.39, 0.29) is 18.0 Å². The predicted molar refractivity (Wildman–Crippen MR) is 78.1 cm³/mol. The minimum absolute atomic E-state index is 0.0607. The summed E-state index contributed by atoms with van der Waals surface area (Å²) in [6, 6.07) is 0.174. The van der Waals surface area contributed by atoms with E-state index in [0.29, 0.717) is 17.5 Å². The maximum absolute atomic E-state index is 12.2. The van der Waals surface area contributed by atoms with Crippen LogP contribution in [0.25, 0.3) is 0 Å². The number of carbonyl (C=O) groups excluding carboxylic acids is 1. The summed E-state index contributed by atoms with van der Waals surface area (Å²) in [5.41, 5.74) is 6.27. The minimum atomic E-state index is -0.110. The smallest absolute Gasteiger partial charge is 0.270 e. The number of hydrogen-bond acceptors (Lipinski definition) is 4. The van der Waals surface area contributed by atoms with Crippen molar-refractivity contribution >= 4 is 17.2 Å². The highest BCUT2D eigenvalue weighted by atomic mass is 32.1. The first-order valence-electron chi connectivity index (χ1n) is 6.97. The Morgan fingerprint density at radius 1 is 1.42 bits per heavy atom. The summed E-state index contributed by atoms with van der Waals surface area (Å²) >= 11 is 1.45. The molecule has 3 N–H and O–H groups in total. The van der Waals surface area contributed by atoms with Gasteiger partial charge in [0.15, 0.2) is 0 Å². The van der Waals surface area contributed by atoms with E-state index in [1.54, 1.807) is 5.38 Å². The van der Waals surface area contributed by atoms with Gasteiger partial charge in [-0.25, -0.2) is 4.98 Å². The maximum Gasteiger partial charge on any atom is 0.270 e. The Hall–Kier alpha value is -0.940. The molecule has 1 aromatic rings. The van der Waals surface area contributed by atoms with Gasteiger partial charge in [-0.2, -0.15) is 0 Å². The van der Waals surface area contributed by atoms with Gasteiger partial charge in [0.2, 0.25) is 0 Å². The number of hydrogen-bond donors (Lipinski definition) is 2. The van der Waals surface area contributed by atoms with E-state index in [4.69, 9.17) is 5.73 Å². The number of nitrogens with one attached hydrogen (secondary N) is 1.